The van der Waals surface area contributed by atoms with Gasteiger partial charge in [-0.15, -0.1) is 0 Å². The van der Waals surface area contributed by atoms with Gasteiger partial charge in [-0.2, -0.15) is 0 Å². The molecule has 2 aliphatic rings. The van der Waals surface area contributed by atoms with E-state index in [0.29, 0.717) is 0 Å². The molecular weight excluding hydrogens is 226 g/mol. The first-order valence-corrected chi connectivity index (χ1v) is 7.43. The second kappa shape index (κ2) is 5.50. The summed E-state index contributed by atoms with van der Waals surface area (Å²) in [6, 6.07) is 0. The molecule has 0 bridgehead atoms. The van der Waals surface area contributed by atoms with Crippen LogP contribution in [0.4, 0.5) is 4.79 Å². The van der Waals surface area contributed by atoms with Crippen molar-refractivity contribution in [2.45, 2.75) is 64.9 Å². The van der Waals surface area contributed by atoms with Gasteiger partial charge in [-0.1, -0.05) is 25.7 Å². The minimum atomic E-state index is -0.376. The summed E-state index contributed by atoms with van der Waals surface area (Å²) in [5, 5.41) is 0. The minimum Gasteiger partial charge on any atom is -0.444 e. The van der Waals surface area contributed by atoms with Crippen molar-refractivity contribution < 1.29 is 9.53 Å². The van der Waals surface area contributed by atoms with Gasteiger partial charge in [0.2, 0.25) is 0 Å². The number of ether oxygens (including phenoxy) is 1. The molecule has 104 valence electrons. The van der Waals surface area contributed by atoms with Crippen LogP contribution in [0.3, 0.4) is 0 Å². The number of nitrogens with zero attached hydrogens (tertiary/aromatic N) is 1. The van der Waals surface area contributed by atoms with Crippen molar-refractivity contribution in [3.05, 3.63) is 0 Å². The van der Waals surface area contributed by atoms with Gasteiger partial charge < -0.3 is 9.64 Å². The van der Waals surface area contributed by atoms with E-state index in [1.165, 1.54) is 38.5 Å². The van der Waals surface area contributed by atoms with Crippen molar-refractivity contribution in [1.82, 2.24) is 4.90 Å². The lowest BCUT2D eigenvalue weighted by atomic mass is 9.83. The predicted molar refractivity (Wildman–Crippen MR) is 72.5 cm³/mol. The summed E-state index contributed by atoms with van der Waals surface area (Å²) in [6.07, 6.45) is 7.86. The summed E-state index contributed by atoms with van der Waals surface area (Å²) in [5.74, 6) is 1.79. The van der Waals surface area contributed by atoms with E-state index in [0.717, 1.165) is 24.9 Å². The van der Waals surface area contributed by atoms with Gasteiger partial charge in [-0.05, 0) is 45.4 Å². The molecule has 1 aliphatic carbocycles. The van der Waals surface area contributed by atoms with E-state index >= 15 is 0 Å². The Labute approximate surface area is 111 Å². The first-order valence-electron chi connectivity index (χ1n) is 7.43. The molecule has 0 aromatic rings. The molecule has 1 saturated carbocycles. The van der Waals surface area contributed by atoms with E-state index in [4.69, 9.17) is 4.74 Å². The Morgan fingerprint density at radius 2 is 1.50 bits per heavy atom. The number of carbonyl (C=O) groups excluding carboxylic acids is 1. The van der Waals surface area contributed by atoms with E-state index < -0.39 is 0 Å². The first-order chi connectivity index (χ1) is 8.46. The fraction of sp³-hybridized carbons (Fsp3) is 0.933. The summed E-state index contributed by atoms with van der Waals surface area (Å²) in [5.41, 5.74) is -0.376. The Hall–Kier alpha value is -0.730. The molecule has 0 spiro atoms. The largest absolute Gasteiger partial charge is 0.444 e. The average molecular weight is 253 g/mol. The van der Waals surface area contributed by atoms with Crippen LogP contribution in [0, 0.1) is 11.8 Å². The minimum absolute atomic E-state index is 0.132. The molecule has 3 nitrogen and oxygen atoms in total. The van der Waals surface area contributed by atoms with Crippen LogP contribution in [0.2, 0.25) is 0 Å². The van der Waals surface area contributed by atoms with E-state index in [2.05, 4.69) is 0 Å². The zero-order chi connectivity index (χ0) is 13.2. The summed E-state index contributed by atoms with van der Waals surface area (Å²) >= 11 is 0. The van der Waals surface area contributed by atoms with Crippen LogP contribution in [0.1, 0.15) is 59.3 Å². The maximum absolute atomic E-state index is 11.9. The fourth-order valence-electron chi connectivity index (χ4n) is 3.31. The maximum Gasteiger partial charge on any atom is 0.410 e. The van der Waals surface area contributed by atoms with Gasteiger partial charge in [0, 0.05) is 13.1 Å². The Bertz CT molecular complexity index is 281. The van der Waals surface area contributed by atoms with Crippen molar-refractivity contribution in [3.8, 4) is 0 Å². The molecular formula is C15H27NO2. The highest BCUT2D eigenvalue weighted by Crippen LogP contribution is 2.36. The molecule has 1 saturated heterocycles. The van der Waals surface area contributed by atoms with E-state index in [1.807, 2.05) is 25.7 Å². The molecule has 1 amide bonds. The molecule has 0 atom stereocenters. The molecule has 18 heavy (non-hydrogen) atoms. The second-order valence-electron chi connectivity index (χ2n) is 6.85. The first kappa shape index (κ1) is 13.7. The number of amides is 1. The number of piperidine rings is 1. The molecule has 2 rings (SSSR count). The molecule has 2 fully saturated rings. The topological polar surface area (TPSA) is 29.5 Å². The summed E-state index contributed by atoms with van der Waals surface area (Å²) in [4.78, 5) is 13.8. The summed E-state index contributed by atoms with van der Waals surface area (Å²) < 4.78 is 5.42. The fourth-order valence-corrected chi connectivity index (χ4v) is 3.31. The Morgan fingerprint density at radius 1 is 1.00 bits per heavy atom. The van der Waals surface area contributed by atoms with Crippen LogP contribution in [-0.2, 0) is 4.74 Å². The van der Waals surface area contributed by atoms with E-state index in [1.54, 1.807) is 0 Å². The lowest BCUT2D eigenvalue weighted by Gasteiger charge is -2.35. The third-order valence-corrected chi connectivity index (χ3v) is 4.26. The Balaban J connectivity index is 1.77. The second-order valence-corrected chi connectivity index (χ2v) is 6.85. The summed E-state index contributed by atoms with van der Waals surface area (Å²) in [6.45, 7) is 7.55. The Kier molecular flexibility index (Phi) is 4.18. The molecule has 0 aromatic heterocycles. The third kappa shape index (κ3) is 3.63. The van der Waals surface area contributed by atoms with Crippen LogP contribution in [-0.4, -0.2) is 29.7 Å². The predicted octanol–water partition coefficient (Wildman–Crippen LogP) is 3.82. The molecule has 0 N–H and O–H groups in total. The average Bonchev–Trinajstić information content (AvgIpc) is 2.80. The number of rotatable bonds is 1. The zero-order valence-electron chi connectivity index (χ0n) is 12.1. The van der Waals surface area contributed by atoms with Crippen LogP contribution in [0.25, 0.3) is 0 Å². The van der Waals surface area contributed by atoms with Crippen molar-refractivity contribution >= 4 is 6.09 Å². The molecule has 0 radical (unpaired) electrons. The molecule has 0 unspecified atom stereocenters. The number of hydrogen-bond acceptors (Lipinski definition) is 2. The van der Waals surface area contributed by atoms with Crippen molar-refractivity contribution in [2.24, 2.45) is 11.8 Å². The van der Waals surface area contributed by atoms with Crippen LogP contribution < -0.4 is 0 Å². The summed E-state index contributed by atoms with van der Waals surface area (Å²) in [7, 11) is 0. The van der Waals surface area contributed by atoms with E-state index in [9.17, 15) is 4.79 Å². The maximum atomic E-state index is 11.9. The highest BCUT2D eigenvalue weighted by molar-refractivity contribution is 5.68. The van der Waals surface area contributed by atoms with Crippen LogP contribution in [0.5, 0.6) is 0 Å². The Morgan fingerprint density at radius 3 is 2.00 bits per heavy atom. The molecule has 0 aromatic carbocycles. The lowest BCUT2D eigenvalue weighted by Crippen LogP contribution is -2.42. The van der Waals surface area contributed by atoms with Crippen molar-refractivity contribution in [3.63, 3.8) is 0 Å². The van der Waals surface area contributed by atoms with E-state index in [-0.39, 0.29) is 11.7 Å². The quantitative estimate of drug-likeness (QED) is 0.711. The highest BCUT2D eigenvalue weighted by atomic mass is 16.6. The monoisotopic (exact) mass is 253 g/mol. The SMILES string of the molecule is CC(C)(C)OC(=O)N1CCC(C2CCCC2)CC1. The van der Waals surface area contributed by atoms with Gasteiger partial charge in [0.15, 0.2) is 0 Å². The normalized spacial score (nSPS) is 23.4. The van der Waals surface area contributed by atoms with Crippen molar-refractivity contribution in [1.29, 1.82) is 0 Å². The standard InChI is InChI=1S/C15H27NO2/c1-15(2,3)18-14(17)16-10-8-13(9-11-16)12-6-4-5-7-12/h12-13H,4-11H2,1-3H3. The van der Waals surface area contributed by atoms with Gasteiger partial charge in [-0.25, -0.2) is 4.79 Å². The van der Waals surface area contributed by atoms with Crippen LogP contribution >= 0.6 is 0 Å². The van der Waals surface area contributed by atoms with Gasteiger partial charge >= 0.3 is 6.09 Å². The zero-order valence-corrected chi connectivity index (χ0v) is 12.1. The molecule has 1 heterocycles. The lowest BCUT2D eigenvalue weighted by molar-refractivity contribution is 0.0160. The number of carbonyl (C=O) groups is 1. The number of hydrogen-bond donors (Lipinski definition) is 0. The van der Waals surface area contributed by atoms with Gasteiger partial charge in [0.05, 0.1) is 0 Å². The van der Waals surface area contributed by atoms with Crippen LogP contribution in [0.15, 0.2) is 0 Å². The molecule has 1 aliphatic heterocycles. The third-order valence-electron chi connectivity index (χ3n) is 4.26. The van der Waals surface area contributed by atoms with Gasteiger partial charge in [0.25, 0.3) is 0 Å². The van der Waals surface area contributed by atoms with Gasteiger partial charge in [-0.3, -0.25) is 0 Å². The van der Waals surface area contributed by atoms with Crippen molar-refractivity contribution in [2.75, 3.05) is 13.1 Å². The number of likely N-dealkylation sites (tertiary alicyclic amines) is 1. The van der Waals surface area contributed by atoms with Gasteiger partial charge in [0.1, 0.15) is 5.60 Å². The smallest absolute Gasteiger partial charge is 0.410 e. The molecule has 3 heteroatoms. The highest BCUT2D eigenvalue weighted by Gasteiger charge is 2.31.